The minimum absolute atomic E-state index is 0.0818. The number of rotatable bonds is 6. The highest BCUT2D eigenvalue weighted by Gasteiger charge is 2.47. The molecule has 8 heteroatoms. The second kappa shape index (κ2) is 9.49. The van der Waals surface area contributed by atoms with Gasteiger partial charge in [-0.3, -0.25) is 14.5 Å². The van der Waals surface area contributed by atoms with Crippen molar-refractivity contribution in [3.05, 3.63) is 88.5 Å². The Kier molecular flexibility index (Phi) is 6.47. The Balaban J connectivity index is 1.98. The quantitative estimate of drug-likeness (QED) is 0.304. The molecule has 174 valence electrons. The molecule has 1 amide bonds. The van der Waals surface area contributed by atoms with Crippen LogP contribution in [0.25, 0.3) is 5.76 Å². The standard InChI is InChI=1S/C26H22ClNO6/c1-32-17-11-7-10-16(12-17)28-23(15-8-5-4-6-9-15)22(25(30)26(28)31)24(29)18-13-21(34-3)19(27)14-20(18)33-2/h4-14,23,29H,1-3H3/b24-22+. The summed E-state index contributed by atoms with van der Waals surface area (Å²) in [6.07, 6.45) is 0. The monoisotopic (exact) mass is 479 g/mol. The summed E-state index contributed by atoms with van der Waals surface area (Å²) in [6.45, 7) is 0. The Morgan fingerprint density at radius 3 is 2.24 bits per heavy atom. The molecule has 1 aliphatic heterocycles. The highest BCUT2D eigenvalue weighted by Crippen LogP contribution is 2.45. The van der Waals surface area contributed by atoms with Gasteiger partial charge in [-0.1, -0.05) is 48.0 Å². The maximum absolute atomic E-state index is 13.3. The third-order valence-electron chi connectivity index (χ3n) is 5.62. The number of nitrogens with zero attached hydrogens (tertiary/aromatic N) is 1. The van der Waals surface area contributed by atoms with Crippen LogP contribution in [0.3, 0.4) is 0 Å². The Morgan fingerprint density at radius 2 is 1.59 bits per heavy atom. The zero-order chi connectivity index (χ0) is 24.4. The van der Waals surface area contributed by atoms with Gasteiger partial charge in [0.15, 0.2) is 0 Å². The number of halogens is 1. The van der Waals surface area contributed by atoms with Crippen molar-refractivity contribution in [1.82, 2.24) is 0 Å². The van der Waals surface area contributed by atoms with Gasteiger partial charge in [0, 0.05) is 17.8 Å². The largest absolute Gasteiger partial charge is 0.507 e. The Labute approximate surface area is 201 Å². The molecule has 1 N–H and O–H groups in total. The van der Waals surface area contributed by atoms with Crippen LogP contribution < -0.4 is 19.1 Å². The molecule has 1 saturated heterocycles. The first-order valence-electron chi connectivity index (χ1n) is 10.3. The molecular formula is C26H22ClNO6. The topological polar surface area (TPSA) is 85.3 Å². The molecule has 0 aliphatic carbocycles. The number of carbonyl (C=O) groups is 2. The van der Waals surface area contributed by atoms with E-state index in [1.54, 1.807) is 48.5 Å². The van der Waals surface area contributed by atoms with E-state index in [-0.39, 0.29) is 27.7 Å². The lowest BCUT2D eigenvalue weighted by Gasteiger charge is -2.26. The van der Waals surface area contributed by atoms with Gasteiger partial charge in [-0.2, -0.15) is 0 Å². The highest BCUT2D eigenvalue weighted by atomic mass is 35.5. The molecule has 1 fully saturated rings. The Hall–Kier alpha value is -3.97. The molecule has 0 spiro atoms. The number of benzene rings is 3. The summed E-state index contributed by atoms with van der Waals surface area (Å²) in [7, 11) is 4.36. The van der Waals surface area contributed by atoms with Crippen LogP contribution in [0.15, 0.2) is 72.3 Å². The molecule has 1 aliphatic rings. The number of ketones is 1. The predicted molar refractivity (Wildman–Crippen MR) is 129 cm³/mol. The van der Waals surface area contributed by atoms with Gasteiger partial charge in [0.1, 0.15) is 23.0 Å². The van der Waals surface area contributed by atoms with Gasteiger partial charge < -0.3 is 19.3 Å². The molecule has 1 heterocycles. The van der Waals surface area contributed by atoms with E-state index < -0.39 is 23.5 Å². The number of anilines is 1. The number of carbonyl (C=O) groups excluding carboxylic acids is 2. The zero-order valence-electron chi connectivity index (χ0n) is 18.7. The average molecular weight is 480 g/mol. The first kappa shape index (κ1) is 23.2. The van der Waals surface area contributed by atoms with Crippen molar-refractivity contribution in [2.45, 2.75) is 6.04 Å². The second-order valence-corrected chi connectivity index (χ2v) is 7.88. The van der Waals surface area contributed by atoms with Crippen LogP contribution in [0, 0.1) is 0 Å². The average Bonchev–Trinajstić information content (AvgIpc) is 3.14. The van der Waals surface area contributed by atoms with E-state index in [2.05, 4.69) is 0 Å². The third-order valence-corrected chi connectivity index (χ3v) is 5.92. The van der Waals surface area contributed by atoms with Crippen molar-refractivity contribution in [1.29, 1.82) is 0 Å². The van der Waals surface area contributed by atoms with Crippen molar-refractivity contribution in [3.63, 3.8) is 0 Å². The molecule has 34 heavy (non-hydrogen) atoms. The van der Waals surface area contributed by atoms with E-state index in [1.165, 1.54) is 38.4 Å². The second-order valence-electron chi connectivity index (χ2n) is 7.47. The van der Waals surface area contributed by atoms with E-state index in [0.717, 1.165) is 0 Å². The van der Waals surface area contributed by atoms with Gasteiger partial charge in [0.2, 0.25) is 0 Å². The van der Waals surface area contributed by atoms with E-state index >= 15 is 0 Å². The van der Waals surface area contributed by atoms with Crippen molar-refractivity contribution < 1.29 is 28.9 Å². The van der Waals surface area contributed by atoms with E-state index in [0.29, 0.717) is 17.0 Å². The van der Waals surface area contributed by atoms with Crippen LogP contribution in [-0.2, 0) is 9.59 Å². The summed E-state index contributed by atoms with van der Waals surface area (Å²) >= 11 is 6.21. The lowest BCUT2D eigenvalue weighted by Crippen LogP contribution is -2.29. The molecule has 7 nitrogen and oxygen atoms in total. The smallest absolute Gasteiger partial charge is 0.300 e. The van der Waals surface area contributed by atoms with E-state index in [9.17, 15) is 14.7 Å². The first-order chi connectivity index (χ1) is 16.4. The van der Waals surface area contributed by atoms with Crippen LogP contribution in [0.2, 0.25) is 5.02 Å². The fraction of sp³-hybridized carbons (Fsp3) is 0.154. The molecule has 1 atom stereocenters. The predicted octanol–water partition coefficient (Wildman–Crippen LogP) is 4.99. The van der Waals surface area contributed by atoms with Gasteiger partial charge in [-0.25, -0.2) is 0 Å². The molecule has 3 aromatic rings. The maximum Gasteiger partial charge on any atom is 0.300 e. The molecule has 0 saturated carbocycles. The van der Waals surface area contributed by atoms with Crippen molar-refractivity contribution in [2.24, 2.45) is 0 Å². The van der Waals surface area contributed by atoms with Crippen LogP contribution in [-0.4, -0.2) is 38.1 Å². The van der Waals surface area contributed by atoms with Crippen LogP contribution in [0.4, 0.5) is 5.69 Å². The van der Waals surface area contributed by atoms with Gasteiger partial charge >= 0.3 is 0 Å². The van der Waals surface area contributed by atoms with Gasteiger partial charge in [0.05, 0.1) is 43.5 Å². The molecule has 4 rings (SSSR count). The lowest BCUT2D eigenvalue weighted by atomic mass is 9.94. The van der Waals surface area contributed by atoms with Crippen LogP contribution in [0.5, 0.6) is 17.2 Å². The number of amides is 1. The van der Waals surface area contributed by atoms with Gasteiger partial charge in [-0.15, -0.1) is 0 Å². The summed E-state index contributed by atoms with van der Waals surface area (Å²) in [4.78, 5) is 28.0. The van der Waals surface area contributed by atoms with E-state index in [1.807, 2.05) is 6.07 Å². The third kappa shape index (κ3) is 3.95. The summed E-state index contributed by atoms with van der Waals surface area (Å²) in [5, 5.41) is 11.7. The number of hydrogen-bond acceptors (Lipinski definition) is 6. The van der Waals surface area contributed by atoms with Crippen molar-refractivity contribution >= 4 is 34.7 Å². The first-order valence-corrected chi connectivity index (χ1v) is 10.7. The fourth-order valence-electron chi connectivity index (χ4n) is 4.00. The Morgan fingerprint density at radius 1 is 0.882 bits per heavy atom. The molecule has 0 bridgehead atoms. The fourth-order valence-corrected chi connectivity index (χ4v) is 4.23. The molecule has 1 unspecified atom stereocenters. The van der Waals surface area contributed by atoms with Gasteiger partial charge in [0.25, 0.3) is 11.7 Å². The van der Waals surface area contributed by atoms with Crippen molar-refractivity contribution in [2.75, 3.05) is 26.2 Å². The van der Waals surface area contributed by atoms with Crippen LogP contribution in [0.1, 0.15) is 17.2 Å². The normalized spacial score (nSPS) is 17.1. The van der Waals surface area contributed by atoms with Crippen LogP contribution >= 0.6 is 11.6 Å². The molecule has 0 radical (unpaired) electrons. The number of aliphatic hydroxyl groups is 1. The SMILES string of the molecule is COc1cccc(N2C(=O)C(=O)/C(=C(/O)c3cc(OC)c(Cl)cc3OC)C2c2ccccc2)c1. The number of methoxy groups -OCH3 is 3. The van der Waals surface area contributed by atoms with E-state index in [4.69, 9.17) is 25.8 Å². The minimum Gasteiger partial charge on any atom is -0.507 e. The molecule has 3 aromatic carbocycles. The summed E-state index contributed by atoms with van der Waals surface area (Å²) in [5.41, 5.74) is 1.19. The summed E-state index contributed by atoms with van der Waals surface area (Å²) in [5.74, 6) is -0.974. The molecular weight excluding hydrogens is 458 g/mol. The number of hydrogen-bond donors (Lipinski definition) is 1. The highest BCUT2D eigenvalue weighted by molar-refractivity contribution is 6.51. The summed E-state index contributed by atoms with van der Waals surface area (Å²) < 4.78 is 16.0. The minimum atomic E-state index is -0.889. The van der Waals surface area contributed by atoms with Gasteiger partial charge in [-0.05, 0) is 23.8 Å². The number of Topliss-reactive ketones (excluding diaryl/α,β-unsaturated/α-hetero) is 1. The number of aliphatic hydroxyl groups excluding tert-OH is 1. The lowest BCUT2D eigenvalue weighted by molar-refractivity contribution is -0.132. The Bertz CT molecular complexity index is 1290. The zero-order valence-corrected chi connectivity index (χ0v) is 19.5. The number of ether oxygens (including phenoxy) is 3. The maximum atomic E-state index is 13.3. The van der Waals surface area contributed by atoms with Crippen molar-refractivity contribution in [3.8, 4) is 17.2 Å². The molecule has 0 aromatic heterocycles. The summed E-state index contributed by atoms with van der Waals surface area (Å²) in [6, 6.07) is 17.9.